The van der Waals surface area contributed by atoms with E-state index < -0.39 is 0 Å². The van der Waals surface area contributed by atoms with Gasteiger partial charge in [-0.25, -0.2) is 0 Å². The van der Waals surface area contributed by atoms with E-state index >= 15 is 0 Å². The van der Waals surface area contributed by atoms with E-state index in [0.29, 0.717) is 11.1 Å². The van der Waals surface area contributed by atoms with Crippen molar-refractivity contribution in [1.82, 2.24) is 10.3 Å². The summed E-state index contributed by atoms with van der Waals surface area (Å²) in [5, 5.41) is 3.97. The molecule has 0 saturated heterocycles. The number of nitrogens with one attached hydrogen (secondary N) is 1. The van der Waals surface area contributed by atoms with Gasteiger partial charge in [-0.1, -0.05) is 23.7 Å². The number of ether oxygens (including phenoxy) is 1. The number of nitrogens with zero attached hydrogens (tertiary/aromatic N) is 1. The molecule has 1 atom stereocenters. The van der Waals surface area contributed by atoms with Crippen molar-refractivity contribution in [1.29, 1.82) is 0 Å². The Balaban J connectivity index is 1.83. The first kappa shape index (κ1) is 13.4. The van der Waals surface area contributed by atoms with Crippen LogP contribution in [0.5, 0.6) is 5.75 Å². The van der Waals surface area contributed by atoms with Gasteiger partial charge in [-0.3, -0.25) is 4.98 Å². The van der Waals surface area contributed by atoms with Crippen molar-refractivity contribution in [3.63, 3.8) is 0 Å². The fraction of sp³-hybridized carbons (Fsp3) is 0.312. The van der Waals surface area contributed by atoms with Gasteiger partial charge in [0, 0.05) is 12.4 Å². The fourth-order valence-corrected chi connectivity index (χ4v) is 2.47. The molecule has 0 bridgehead atoms. The Labute approximate surface area is 123 Å². The van der Waals surface area contributed by atoms with Crippen LogP contribution in [-0.2, 0) is 0 Å². The van der Waals surface area contributed by atoms with Crippen molar-refractivity contribution in [2.75, 3.05) is 7.05 Å². The molecule has 1 aliphatic carbocycles. The van der Waals surface area contributed by atoms with Gasteiger partial charge in [-0.05, 0) is 49.2 Å². The number of pyridine rings is 1. The minimum Gasteiger partial charge on any atom is -0.490 e. The van der Waals surface area contributed by atoms with E-state index in [9.17, 15) is 0 Å². The average molecular weight is 289 g/mol. The number of benzene rings is 1. The molecule has 1 saturated carbocycles. The van der Waals surface area contributed by atoms with Crippen molar-refractivity contribution in [2.45, 2.75) is 25.0 Å². The van der Waals surface area contributed by atoms with Crippen molar-refractivity contribution < 1.29 is 4.74 Å². The Morgan fingerprint density at radius 3 is 2.60 bits per heavy atom. The first-order valence-electron chi connectivity index (χ1n) is 6.81. The van der Waals surface area contributed by atoms with E-state index in [1.165, 1.54) is 12.8 Å². The first-order valence-corrected chi connectivity index (χ1v) is 7.19. The molecule has 1 aliphatic rings. The van der Waals surface area contributed by atoms with E-state index in [1.807, 2.05) is 25.2 Å². The predicted molar refractivity (Wildman–Crippen MR) is 80.2 cm³/mol. The number of hydrogen-bond donors (Lipinski definition) is 1. The van der Waals surface area contributed by atoms with E-state index in [2.05, 4.69) is 22.4 Å². The molecule has 104 valence electrons. The Morgan fingerprint density at radius 2 is 2.00 bits per heavy atom. The molecule has 0 radical (unpaired) electrons. The van der Waals surface area contributed by atoms with Crippen molar-refractivity contribution in [3.05, 3.63) is 58.9 Å². The summed E-state index contributed by atoms with van der Waals surface area (Å²) in [6, 6.07) is 10.2. The van der Waals surface area contributed by atoms with Crippen LogP contribution in [0.4, 0.5) is 0 Å². The van der Waals surface area contributed by atoms with Crippen LogP contribution in [0.15, 0.2) is 42.7 Å². The maximum Gasteiger partial charge on any atom is 0.119 e. The third kappa shape index (κ3) is 2.94. The van der Waals surface area contributed by atoms with Crippen LogP contribution in [0.1, 0.15) is 30.0 Å². The Morgan fingerprint density at radius 1 is 1.25 bits per heavy atom. The Bertz CT molecular complexity index is 581. The number of hydrogen-bond acceptors (Lipinski definition) is 3. The lowest BCUT2D eigenvalue weighted by atomic mass is 10.00. The van der Waals surface area contributed by atoms with Gasteiger partial charge in [0.1, 0.15) is 5.75 Å². The molecular weight excluding hydrogens is 272 g/mol. The quantitative estimate of drug-likeness (QED) is 0.913. The average Bonchev–Trinajstić information content (AvgIpc) is 3.27. The molecule has 20 heavy (non-hydrogen) atoms. The van der Waals surface area contributed by atoms with E-state index in [0.717, 1.165) is 16.9 Å². The summed E-state index contributed by atoms with van der Waals surface area (Å²) in [7, 11) is 1.93. The molecule has 0 spiro atoms. The van der Waals surface area contributed by atoms with Crippen LogP contribution in [0, 0.1) is 0 Å². The monoisotopic (exact) mass is 288 g/mol. The summed E-state index contributed by atoms with van der Waals surface area (Å²) in [5.41, 5.74) is 2.18. The standard InChI is InChI=1S/C16H17ClN2O/c1-18-16(14-8-9-19-10-15(14)17)11-2-4-12(5-3-11)20-13-6-7-13/h2-5,8-10,13,16,18H,6-7H2,1H3. The van der Waals surface area contributed by atoms with Crippen molar-refractivity contribution >= 4 is 11.6 Å². The van der Waals surface area contributed by atoms with Crippen molar-refractivity contribution in [3.8, 4) is 5.75 Å². The molecule has 3 rings (SSSR count). The van der Waals surface area contributed by atoms with Gasteiger partial charge in [-0.2, -0.15) is 0 Å². The van der Waals surface area contributed by atoms with Gasteiger partial charge in [0.15, 0.2) is 0 Å². The second kappa shape index (κ2) is 5.81. The highest BCUT2D eigenvalue weighted by Crippen LogP contribution is 2.30. The van der Waals surface area contributed by atoms with Crippen LogP contribution in [0.25, 0.3) is 0 Å². The third-order valence-corrected chi connectivity index (χ3v) is 3.76. The summed E-state index contributed by atoms with van der Waals surface area (Å²) < 4.78 is 5.77. The number of rotatable bonds is 5. The van der Waals surface area contributed by atoms with Gasteiger partial charge in [0.25, 0.3) is 0 Å². The molecule has 3 nitrogen and oxygen atoms in total. The molecule has 1 unspecified atom stereocenters. The molecule has 1 fully saturated rings. The molecule has 1 heterocycles. The second-order valence-corrected chi connectivity index (χ2v) is 5.41. The zero-order chi connectivity index (χ0) is 13.9. The lowest BCUT2D eigenvalue weighted by molar-refractivity contribution is 0.303. The largest absolute Gasteiger partial charge is 0.490 e. The van der Waals surface area contributed by atoms with E-state index in [1.54, 1.807) is 12.4 Å². The lowest BCUT2D eigenvalue weighted by Crippen LogP contribution is -2.18. The molecule has 1 aromatic heterocycles. The highest BCUT2D eigenvalue weighted by molar-refractivity contribution is 6.31. The molecule has 1 N–H and O–H groups in total. The number of aromatic nitrogens is 1. The molecule has 1 aromatic carbocycles. The highest BCUT2D eigenvalue weighted by atomic mass is 35.5. The maximum atomic E-state index is 6.23. The summed E-state index contributed by atoms with van der Waals surface area (Å²) in [4.78, 5) is 4.03. The van der Waals surface area contributed by atoms with Crippen LogP contribution >= 0.6 is 11.6 Å². The normalized spacial score (nSPS) is 15.9. The second-order valence-electron chi connectivity index (χ2n) is 5.01. The first-order chi connectivity index (χ1) is 9.78. The maximum absolute atomic E-state index is 6.23. The Kier molecular flexibility index (Phi) is 3.90. The molecule has 0 amide bonds. The van der Waals surface area contributed by atoms with Gasteiger partial charge in [-0.15, -0.1) is 0 Å². The van der Waals surface area contributed by atoms with Crippen LogP contribution in [0.3, 0.4) is 0 Å². The highest BCUT2D eigenvalue weighted by Gasteiger charge is 2.23. The van der Waals surface area contributed by atoms with Crippen LogP contribution in [0.2, 0.25) is 5.02 Å². The lowest BCUT2D eigenvalue weighted by Gasteiger charge is -2.18. The third-order valence-electron chi connectivity index (χ3n) is 3.44. The van der Waals surface area contributed by atoms with Crippen molar-refractivity contribution in [2.24, 2.45) is 0 Å². The van der Waals surface area contributed by atoms with E-state index in [-0.39, 0.29) is 6.04 Å². The summed E-state index contributed by atoms with van der Waals surface area (Å²) in [5.74, 6) is 0.937. The molecule has 0 aliphatic heterocycles. The minimum atomic E-state index is 0.0560. The van der Waals surface area contributed by atoms with Gasteiger partial charge in [0.05, 0.1) is 17.2 Å². The molecule has 2 aromatic rings. The van der Waals surface area contributed by atoms with Crippen LogP contribution < -0.4 is 10.1 Å². The zero-order valence-corrected chi connectivity index (χ0v) is 12.1. The minimum absolute atomic E-state index is 0.0560. The van der Waals surface area contributed by atoms with E-state index in [4.69, 9.17) is 16.3 Å². The van der Waals surface area contributed by atoms with Crippen LogP contribution in [-0.4, -0.2) is 18.1 Å². The SMILES string of the molecule is CNC(c1ccc(OC2CC2)cc1)c1ccncc1Cl. The smallest absolute Gasteiger partial charge is 0.119 e. The zero-order valence-electron chi connectivity index (χ0n) is 11.3. The predicted octanol–water partition coefficient (Wildman–Crippen LogP) is 3.59. The van der Waals surface area contributed by atoms with Gasteiger partial charge >= 0.3 is 0 Å². The molecular formula is C16H17ClN2O. The Hall–Kier alpha value is -1.58. The summed E-state index contributed by atoms with van der Waals surface area (Å²) in [6.45, 7) is 0. The van der Waals surface area contributed by atoms with Gasteiger partial charge < -0.3 is 10.1 Å². The topological polar surface area (TPSA) is 34.1 Å². The fourth-order valence-electron chi connectivity index (χ4n) is 2.24. The number of halogens is 1. The summed E-state index contributed by atoms with van der Waals surface area (Å²) >= 11 is 6.23. The molecule has 4 heteroatoms. The van der Waals surface area contributed by atoms with Gasteiger partial charge in [0.2, 0.25) is 0 Å². The summed E-state index contributed by atoms with van der Waals surface area (Å²) in [6.07, 6.45) is 6.21.